The molecule has 0 fully saturated rings. The molecule has 0 saturated heterocycles. The summed E-state index contributed by atoms with van der Waals surface area (Å²) in [6.45, 7) is 4.88. The van der Waals surface area contributed by atoms with Gasteiger partial charge in [0.05, 0.1) is 0 Å². The van der Waals surface area contributed by atoms with Gasteiger partial charge in [-0.1, -0.05) is 84.9 Å². The van der Waals surface area contributed by atoms with Gasteiger partial charge in [0, 0.05) is 18.6 Å². The van der Waals surface area contributed by atoms with E-state index < -0.39 is 17.2 Å². The third-order valence-corrected chi connectivity index (χ3v) is 6.75. The van der Waals surface area contributed by atoms with Crippen LogP contribution in [0.5, 0.6) is 0 Å². The highest BCUT2D eigenvalue weighted by Gasteiger charge is 2.36. The van der Waals surface area contributed by atoms with Crippen molar-refractivity contribution in [1.82, 2.24) is 4.90 Å². The summed E-state index contributed by atoms with van der Waals surface area (Å²) in [7, 11) is 0. The molecule has 4 heteroatoms. The lowest BCUT2D eigenvalue weighted by Crippen LogP contribution is -2.41. The average molecular weight is 472 g/mol. The highest BCUT2D eigenvalue weighted by Crippen LogP contribution is 2.38. The summed E-state index contributed by atoms with van der Waals surface area (Å²) in [6, 6.07) is 32.2. The highest BCUT2D eigenvalue weighted by atomic mass is 19.1. The predicted octanol–water partition coefficient (Wildman–Crippen LogP) is 7.24. The molecular formula is C31H31F2NO. The molecule has 180 valence electrons. The molecule has 4 aromatic carbocycles. The Morgan fingerprint density at radius 1 is 0.714 bits per heavy atom. The maximum atomic E-state index is 14.2. The second-order valence-corrected chi connectivity index (χ2v) is 9.18. The monoisotopic (exact) mass is 471 g/mol. The molecule has 4 aromatic rings. The predicted molar refractivity (Wildman–Crippen MR) is 137 cm³/mol. The minimum Gasteiger partial charge on any atom is -0.380 e. The second kappa shape index (κ2) is 10.9. The van der Waals surface area contributed by atoms with Crippen LogP contribution in [0.2, 0.25) is 0 Å². The summed E-state index contributed by atoms with van der Waals surface area (Å²) >= 11 is 0. The summed E-state index contributed by atoms with van der Waals surface area (Å²) in [5.41, 5.74) is 1.55. The van der Waals surface area contributed by atoms with Gasteiger partial charge in [-0.2, -0.15) is 0 Å². The van der Waals surface area contributed by atoms with Gasteiger partial charge >= 0.3 is 0 Å². The fourth-order valence-electron chi connectivity index (χ4n) is 4.83. The zero-order valence-electron chi connectivity index (χ0n) is 20.1. The summed E-state index contributed by atoms with van der Waals surface area (Å²) < 4.78 is 28.5. The zero-order valence-corrected chi connectivity index (χ0v) is 20.1. The standard InChI is InChI=1S/C31H31F2NO/c1-23(34(22-25-11-5-3-6-12-25)24(2)26-13-7-4-8-14-26)21-31(35,27-15-9-17-29(32)19-27)28-16-10-18-30(33)20-28/h3-20,23-24,35H,21-22H2,1-2H3. The first kappa shape index (κ1) is 24.8. The molecule has 0 aliphatic heterocycles. The van der Waals surface area contributed by atoms with Crippen molar-refractivity contribution in [2.24, 2.45) is 0 Å². The van der Waals surface area contributed by atoms with E-state index in [0.717, 1.165) is 11.1 Å². The van der Waals surface area contributed by atoms with Crippen LogP contribution >= 0.6 is 0 Å². The van der Waals surface area contributed by atoms with Crippen molar-refractivity contribution in [2.45, 2.75) is 44.5 Å². The van der Waals surface area contributed by atoms with E-state index in [1.165, 1.54) is 24.3 Å². The molecule has 0 aliphatic carbocycles. The molecule has 2 unspecified atom stereocenters. The van der Waals surface area contributed by atoms with Gasteiger partial charge in [-0.15, -0.1) is 0 Å². The molecular weight excluding hydrogens is 440 g/mol. The van der Waals surface area contributed by atoms with Crippen LogP contribution in [0.3, 0.4) is 0 Å². The molecule has 4 rings (SSSR count). The Labute approximate surface area is 206 Å². The van der Waals surface area contributed by atoms with Crippen LogP contribution in [0.1, 0.15) is 48.6 Å². The first-order chi connectivity index (χ1) is 16.9. The van der Waals surface area contributed by atoms with E-state index in [9.17, 15) is 13.9 Å². The van der Waals surface area contributed by atoms with Gasteiger partial charge in [0.15, 0.2) is 0 Å². The van der Waals surface area contributed by atoms with Crippen LogP contribution in [-0.4, -0.2) is 16.0 Å². The van der Waals surface area contributed by atoms with Crippen molar-refractivity contribution in [3.8, 4) is 0 Å². The number of rotatable bonds is 9. The molecule has 0 amide bonds. The maximum Gasteiger partial charge on any atom is 0.123 e. The van der Waals surface area contributed by atoms with Gasteiger partial charge in [0.1, 0.15) is 17.2 Å². The summed E-state index contributed by atoms with van der Waals surface area (Å²) in [5, 5.41) is 12.1. The van der Waals surface area contributed by atoms with E-state index >= 15 is 0 Å². The van der Waals surface area contributed by atoms with Gasteiger partial charge < -0.3 is 5.11 Å². The van der Waals surface area contributed by atoms with E-state index in [-0.39, 0.29) is 18.5 Å². The normalized spacial score (nSPS) is 13.5. The van der Waals surface area contributed by atoms with E-state index in [1.54, 1.807) is 24.3 Å². The maximum absolute atomic E-state index is 14.2. The van der Waals surface area contributed by atoms with Gasteiger partial charge in [-0.05, 0) is 66.8 Å². The SMILES string of the molecule is CC(CC(O)(c1cccc(F)c1)c1cccc(F)c1)N(Cc1ccccc1)C(C)c1ccccc1. The van der Waals surface area contributed by atoms with Crippen molar-refractivity contribution >= 4 is 0 Å². The summed E-state index contributed by atoms with van der Waals surface area (Å²) in [6.07, 6.45) is 0.254. The molecule has 0 heterocycles. The Bertz CT molecular complexity index is 1180. The topological polar surface area (TPSA) is 23.5 Å². The van der Waals surface area contributed by atoms with E-state index in [0.29, 0.717) is 17.7 Å². The van der Waals surface area contributed by atoms with Crippen LogP contribution in [0.25, 0.3) is 0 Å². The molecule has 0 spiro atoms. The third-order valence-electron chi connectivity index (χ3n) is 6.75. The number of nitrogens with zero attached hydrogens (tertiary/aromatic N) is 1. The lowest BCUT2D eigenvalue weighted by atomic mass is 9.80. The van der Waals surface area contributed by atoms with Crippen molar-refractivity contribution < 1.29 is 13.9 Å². The molecule has 0 bridgehead atoms. The highest BCUT2D eigenvalue weighted by molar-refractivity contribution is 5.37. The van der Waals surface area contributed by atoms with Gasteiger partial charge in [0.2, 0.25) is 0 Å². The fourth-order valence-corrected chi connectivity index (χ4v) is 4.83. The number of aliphatic hydroxyl groups is 1. The molecule has 1 N–H and O–H groups in total. The molecule has 0 radical (unpaired) electrons. The molecule has 2 atom stereocenters. The smallest absolute Gasteiger partial charge is 0.123 e. The van der Waals surface area contributed by atoms with Crippen LogP contribution in [0.4, 0.5) is 8.78 Å². The van der Waals surface area contributed by atoms with Gasteiger partial charge in [-0.3, -0.25) is 4.90 Å². The third kappa shape index (κ3) is 5.84. The van der Waals surface area contributed by atoms with Crippen molar-refractivity contribution in [1.29, 1.82) is 0 Å². The lowest BCUT2D eigenvalue weighted by Gasteiger charge is -2.40. The fraction of sp³-hybridized carbons (Fsp3) is 0.226. The molecule has 0 aromatic heterocycles. The van der Waals surface area contributed by atoms with E-state index in [2.05, 4.69) is 43.0 Å². The zero-order chi connectivity index (χ0) is 24.8. The second-order valence-electron chi connectivity index (χ2n) is 9.18. The number of benzene rings is 4. The van der Waals surface area contributed by atoms with Crippen molar-refractivity contribution in [2.75, 3.05) is 0 Å². The number of hydrogen-bond donors (Lipinski definition) is 1. The first-order valence-electron chi connectivity index (χ1n) is 12.0. The lowest BCUT2D eigenvalue weighted by molar-refractivity contribution is 0.0234. The average Bonchev–Trinajstić information content (AvgIpc) is 2.88. The summed E-state index contributed by atoms with van der Waals surface area (Å²) in [5.74, 6) is -0.882. The Morgan fingerprint density at radius 2 is 1.23 bits per heavy atom. The Hall–Kier alpha value is -3.34. The van der Waals surface area contributed by atoms with Crippen LogP contribution < -0.4 is 0 Å². The number of halogens is 2. The largest absolute Gasteiger partial charge is 0.380 e. The summed E-state index contributed by atoms with van der Waals surface area (Å²) in [4.78, 5) is 2.33. The molecule has 0 saturated carbocycles. The molecule has 2 nitrogen and oxygen atoms in total. The first-order valence-corrected chi connectivity index (χ1v) is 12.0. The van der Waals surface area contributed by atoms with E-state index in [4.69, 9.17) is 0 Å². The minimum absolute atomic E-state index is 0.0516. The van der Waals surface area contributed by atoms with Gasteiger partial charge in [0.25, 0.3) is 0 Å². The Kier molecular flexibility index (Phi) is 7.74. The number of hydrogen-bond acceptors (Lipinski definition) is 2. The Morgan fingerprint density at radius 3 is 1.74 bits per heavy atom. The minimum atomic E-state index is -1.57. The quantitative estimate of drug-likeness (QED) is 0.278. The molecule has 0 aliphatic rings. The van der Waals surface area contributed by atoms with Crippen LogP contribution in [0, 0.1) is 11.6 Å². The molecule has 35 heavy (non-hydrogen) atoms. The van der Waals surface area contributed by atoms with Crippen LogP contribution in [-0.2, 0) is 12.1 Å². The Balaban J connectivity index is 1.74. The van der Waals surface area contributed by atoms with Crippen molar-refractivity contribution in [3.63, 3.8) is 0 Å². The van der Waals surface area contributed by atoms with Crippen LogP contribution in [0.15, 0.2) is 109 Å². The van der Waals surface area contributed by atoms with Crippen molar-refractivity contribution in [3.05, 3.63) is 143 Å². The van der Waals surface area contributed by atoms with E-state index in [1.807, 2.05) is 36.4 Å². The van der Waals surface area contributed by atoms with Gasteiger partial charge in [-0.25, -0.2) is 8.78 Å².